The summed E-state index contributed by atoms with van der Waals surface area (Å²) in [6, 6.07) is 0. The minimum absolute atomic E-state index is 0.465. The van der Waals surface area contributed by atoms with E-state index in [0.717, 1.165) is 34.8 Å². The van der Waals surface area contributed by atoms with Gasteiger partial charge in [-0.25, -0.2) is 9.97 Å². The summed E-state index contributed by atoms with van der Waals surface area (Å²) in [6.07, 6.45) is 3.50. The summed E-state index contributed by atoms with van der Waals surface area (Å²) in [6.45, 7) is 7.05. The average Bonchev–Trinajstić information content (AvgIpc) is 3.21. The SMILES string of the molecule is CCCNc1nc(C(C)(C)OC)nc(C2CC2)c1Br. The topological polar surface area (TPSA) is 47.0 Å². The van der Waals surface area contributed by atoms with Gasteiger partial charge in [-0.1, -0.05) is 6.92 Å². The number of hydrogen-bond donors (Lipinski definition) is 1. The lowest BCUT2D eigenvalue weighted by atomic mass is 10.1. The maximum absolute atomic E-state index is 5.51. The molecule has 0 bridgehead atoms. The van der Waals surface area contributed by atoms with Gasteiger partial charge in [0.05, 0.1) is 10.2 Å². The van der Waals surface area contributed by atoms with E-state index < -0.39 is 5.60 Å². The molecule has 1 aromatic heterocycles. The number of methoxy groups -OCH3 is 1. The predicted molar refractivity (Wildman–Crippen MR) is 80.5 cm³/mol. The van der Waals surface area contributed by atoms with E-state index in [0.29, 0.717) is 5.92 Å². The molecule has 0 amide bonds. The maximum Gasteiger partial charge on any atom is 0.162 e. The van der Waals surface area contributed by atoms with Crippen LogP contribution in [0.2, 0.25) is 0 Å². The van der Waals surface area contributed by atoms with E-state index in [1.54, 1.807) is 7.11 Å². The minimum Gasteiger partial charge on any atom is -0.371 e. The van der Waals surface area contributed by atoms with Crippen LogP contribution < -0.4 is 5.32 Å². The molecule has 1 saturated carbocycles. The molecule has 0 aliphatic heterocycles. The molecule has 1 aliphatic carbocycles. The van der Waals surface area contributed by atoms with Crippen LogP contribution in [0.3, 0.4) is 0 Å². The Kier molecular flexibility index (Phi) is 4.46. The quantitative estimate of drug-likeness (QED) is 0.862. The van der Waals surface area contributed by atoms with Crippen molar-refractivity contribution in [2.45, 2.75) is 51.6 Å². The van der Waals surface area contributed by atoms with Gasteiger partial charge < -0.3 is 10.1 Å². The third-order valence-electron chi connectivity index (χ3n) is 3.43. The molecular weight excluding hydrogens is 306 g/mol. The summed E-state index contributed by atoms with van der Waals surface area (Å²) in [7, 11) is 1.70. The van der Waals surface area contributed by atoms with Crippen LogP contribution in [0.4, 0.5) is 5.82 Å². The summed E-state index contributed by atoms with van der Waals surface area (Å²) in [5.74, 6) is 2.21. The van der Waals surface area contributed by atoms with Gasteiger partial charge in [0.15, 0.2) is 5.82 Å². The van der Waals surface area contributed by atoms with Gasteiger partial charge in [-0.3, -0.25) is 0 Å². The van der Waals surface area contributed by atoms with Crippen LogP contribution in [0.1, 0.15) is 57.5 Å². The summed E-state index contributed by atoms with van der Waals surface area (Å²) >= 11 is 3.65. The van der Waals surface area contributed by atoms with Crippen LogP contribution >= 0.6 is 15.9 Å². The zero-order valence-electron chi connectivity index (χ0n) is 12.1. The Morgan fingerprint density at radius 1 is 1.37 bits per heavy atom. The van der Waals surface area contributed by atoms with Gasteiger partial charge in [-0.05, 0) is 49.0 Å². The highest BCUT2D eigenvalue weighted by Gasteiger charge is 2.32. The van der Waals surface area contributed by atoms with E-state index in [4.69, 9.17) is 9.72 Å². The lowest BCUT2D eigenvalue weighted by Crippen LogP contribution is -2.24. The fourth-order valence-corrected chi connectivity index (χ4v) is 2.45. The highest BCUT2D eigenvalue weighted by molar-refractivity contribution is 9.10. The predicted octanol–water partition coefficient (Wildman–Crippen LogP) is 3.82. The van der Waals surface area contributed by atoms with Crippen LogP contribution in [0.5, 0.6) is 0 Å². The van der Waals surface area contributed by atoms with Crippen molar-refractivity contribution in [3.05, 3.63) is 16.0 Å². The van der Waals surface area contributed by atoms with E-state index in [1.165, 1.54) is 12.8 Å². The van der Waals surface area contributed by atoms with Crippen molar-refractivity contribution in [1.29, 1.82) is 0 Å². The Balaban J connectivity index is 2.41. The molecule has 19 heavy (non-hydrogen) atoms. The normalized spacial score (nSPS) is 15.6. The van der Waals surface area contributed by atoms with Crippen LogP contribution in [0.15, 0.2) is 4.47 Å². The number of nitrogens with zero attached hydrogens (tertiary/aromatic N) is 2. The molecule has 0 atom stereocenters. The number of halogens is 1. The van der Waals surface area contributed by atoms with E-state index in [2.05, 4.69) is 33.2 Å². The molecule has 0 spiro atoms. The molecule has 106 valence electrons. The largest absolute Gasteiger partial charge is 0.371 e. The Morgan fingerprint density at radius 2 is 2.05 bits per heavy atom. The summed E-state index contributed by atoms with van der Waals surface area (Å²) in [5.41, 5.74) is 0.654. The van der Waals surface area contributed by atoms with Crippen molar-refractivity contribution in [1.82, 2.24) is 9.97 Å². The van der Waals surface area contributed by atoms with Gasteiger partial charge in [0, 0.05) is 19.6 Å². The van der Waals surface area contributed by atoms with Crippen LogP contribution in [-0.4, -0.2) is 23.6 Å². The molecule has 1 aliphatic rings. The molecule has 1 aromatic rings. The average molecular weight is 328 g/mol. The standard InChI is InChI=1S/C14H22BrN3O/c1-5-8-16-12-10(15)11(9-6-7-9)17-13(18-12)14(2,3)19-4/h9H,5-8H2,1-4H3,(H,16,17,18). The van der Waals surface area contributed by atoms with Gasteiger partial charge in [0.25, 0.3) is 0 Å². The first-order valence-corrected chi connectivity index (χ1v) is 7.65. The molecule has 4 nitrogen and oxygen atoms in total. The Hall–Kier alpha value is -0.680. The smallest absolute Gasteiger partial charge is 0.162 e. The second kappa shape index (κ2) is 5.75. The van der Waals surface area contributed by atoms with Gasteiger partial charge in [0.2, 0.25) is 0 Å². The summed E-state index contributed by atoms with van der Waals surface area (Å²) in [4.78, 5) is 9.35. The Bertz CT molecular complexity index is 458. The van der Waals surface area contributed by atoms with Gasteiger partial charge >= 0.3 is 0 Å². The molecule has 0 aromatic carbocycles. The molecule has 0 saturated heterocycles. The van der Waals surface area contributed by atoms with Crippen molar-refractivity contribution < 1.29 is 4.74 Å². The highest BCUT2D eigenvalue weighted by atomic mass is 79.9. The first-order valence-electron chi connectivity index (χ1n) is 6.86. The van der Waals surface area contributed by atoms with Crippen LogP contribution in [-0.2, 0) is 10.3 Å². The molecule has 2 rings (SSSR count). The molecular formula is C14H22BrN3O. The van der Waals surface area contributed by atoms with Crippen molar-refractivity contribution in [3.63, 3.8) is 0 Å². The third kappa shape index (κ3) is 3.26. The first kappa shape index (κ1) is 14.7. The van der Waals surface area contributed by atoms with Crippen LogP contribution in [0.25, 0.3) is 0 Å². The van der Waals surface area contributed by atoms with Gasteiger partial charge in [-0.15, -0.1) is 0 Å². The summed E-state index contributed by atoms with van der Waals surface area (Å²) < 4.78 is 6.52. The minimum atomic E-state index is -0.465. The van der Waals surface area contributed by atoms with E-state index in [1.807, 2.05) is 13.8 Å². The monoisotopic (exact) mass is 327 g/mol. The fraction of sp³-hybridized carbons (Fsp3) is 0.714. The second-order valence-corrected chi connectivity index (χ2v) is 6.30. The maximum atomic E-state index is 5.51. The lowest BCUT2D eigenvalue weighted by Gasteiger charge is -2.23. The molecule has 5 heteroatoms. The first-order chi connectivity index (χ1) is 8.99. The second-order valence-electron chi connectivity index (χ2n) is 5.51. The lowest BCUT2D eigenvalue weighted by molar-refractivity contribution is 0.0114. The van der Waals surface area contributed by atoms with Gasteiger partial charge in [0.1, 0.15) is 11.4 Å². The fourth-order valence-electron chi connectivity index (χ4n) is 1.81. The molecule has 0 radical (unpaired) electrons. The molecule has 1 N–H and O–H groups in total. The summed E-state index contributed by atoms with van der Waals surface area (Å²) in [5, 5.41) is 3.37. The van der Waals surface area contributed by atoms with Crippen molar-refractivity contribution in [3.8, 4) is 0 Å². The Morgan fingerprint density at radius 3 is 2.58 bits per heavy atom. The van der Waals surface area contributed by atoms with E-state index in [-0.39, 0.29) is 0 Å². The number of aromatic nitrogens is 2. The Labute approximate surface area is 123 Å². The highest BCUT2D eigenvalue weighted by Crippen LogP contribution is 2.44. The molecule has 0 unspecified atom stereocenters. The van der Waals surface area contributed by atoms with Crippen LogP contribution in [0, 0.1) is 0 Å². The zero-order valence-corrected chi connectivity index (χ0v) is 13.7. The van der Waals surface area contributed by atoms with Crippen molar-refractivity contribution in [2.24, 2.45) is 0 Å². The number of ether oxygens (including phenoxy) is 1. The molecule has 1 heterocycles. The molecule has 1 fully saturated rings. The zero-order chi connectivity index (χ0) is 14.0. The third-order valence-corrected chi connectivity index (χ3v) is 4.21. The van der Waals surface area contributed by atoms with E-state index >= 15 is 0 Å². The number of hydrogen-bond acceptors (Lipinski definition) is 4. The van der Waals surface area contributed by atoms with Gasteiger partial charge in [-0.2, -0.15) is 0 Å². The number of nitrogens with one attached hydrogen (secondary N) is 1. The van der Waals surface area contributed by atoms with Crippen molar-refractivity contribution in [2.75, 3.05) is 19.0 Å². The number of anilines is 1. The van der Waals surface area contributed by atoms with Crippen molar-refractivity contribution >= 4 is 21.7 Å². The number of rotatable bonds is 6. The van der Waals surface area contributed by atoms with E-state index in [9.17, 15) is 0 Å².